The van der Waals surface area contributed by atoms with E-state index in [1.165, 1.54) is 4.88 Å². The first-order valence-electron chi connectivity index (χ1n) is 5.75. The molecule has 0 amide bonds. The van der Waals surface area contributed by atoms with E-state index in [1.807, 2.05) is 19.9 Å². The van der Waals surface area contributed by atoms with Crippen LogP contribution in [-0.4, -0.2) is 16.5 Å². The first-order chi connectivity index (χ1) is 8.67. The van der Waals surface area contributed by atoms with Gasteiger partial charge in [-0.2, -0.15) is 0 Å². The topological polar surface area (TPSA) is 49.8 Å². The van der Waals surface area contributed by atoms with E-state index in [0.29, 0.717) is 0 Å². The molecular weight excluding hydrogens is 312 g/mol. The first-order valence-corrected chi connectivity index (χ1v) is 7.36. The Labute approximate surface area is 119 Å². The lowest BCUT2D eigenvalue weighted by molar-refractivity contribution is 1.02. The Hall–Kier alpha value is -1.14. The summed E-state index contributed by atoms with van der Waals surface area (Å²) in [7, 11) is 0. The van der Waals surface area contributed by atoms with Gasteiger partial charge in [0.25, 0.3) is 0 Å². The van der Waals surface area contributed by atoms with Crippen LogP contribution >= 0.6 is 27.3 Å². The van der Waals surface area contributed by atoms with Crippen LogP contribution in [0.15, 0.2) is 22.0 Å². The predicted molar refractivity (Wildman–Crippen MR) is 80.3 cm³/mol. The third kappa shape index (κ3) is 3.68. The summed E-state index contributed by atoms with van der Waals surface area (Å²) >= 11 is 5.18. The molecule has 0 bridgehead atoms. The van der Waals surface area contributed by atoms with Gasteiger partial charge in [-0.3, -0.25) is 0 Å². The summed E-state index contributed by atoms with van der Waals surface area (Å²) in [6.07, 6.45) is 0. The summed E-state index contributed by atoms with van der Waals surface area (Å²) in [6, 6.07) is 6.08. The Bertz CT molecular complexity index is 527. The number of hydrogen-bond donors (Lipinski definition) is 2. The lowest BCUT2D eigenvalue weighted by Gasteiger charge is -2.08. The number of aryl methyl sites for hydroxylation is 1. The quantitative estimate of drug-likeness (QED) is 0.880. The summed E-state index contributed by atoms with van der Waals surface area (Å²) < 4.78 is 1.14. The lowest BCUT2D eigenvalue weighted by Crippen LogP contribution is -2.06. The molecule has 0 atom stereocenters. The molecule has 96 valence electrons. The third-order valence-electron chi connectivity index (χ3n) is 2.27. The Kier molecular flexibility index (Phi) is 4.54. The SMILES string of the molecule is CCNc1cc(NCc2ccc(Br)s2)nc(C)n1. The highest BCUT2D eigenvalue weighted by Crippen LogP contribution is 2.23. The van der Waals surface area contributed by atoms with Crippen molar-refractivity contribution in [3.63, 3.8) is 0 Å². The molecule has 0 aliphatic rings. The highest BCUT2D eigenvalue weighted by molar-refractivity contribution is 9.11. The van der Waals surface area contributed by atoms with E-state index in [2.05, 4.69) is 48.7 Å². The third-order valence-corrected chi connectivity index (χ3v) is 3.89. The molecule has 2 heterocycles. The average Bonchev–Trinajstić information content (AvgIpc) is 2.72. The Morgan fingerprint density at radius 3 is 2.56 bits per heavy atom. The molecule has 2 aromatic rings. The fourth-order valence-electron chi connectivity index (χ4n) is 1.55. The van der Waals surface area contributed by atoms with Gasteiger partial charge >= 0.3 is 0 Å². The zero-order chi connectivity index (χ0) is 13.0. The highest BCUT2D eigenvalue weighted by Gasteiger charge is 2.02. The molecule has 2 aromatic heterocycles. The molecule has 2 N–H and O–H groups in total. The van der Waals surface area contributed by atoms with E-state index in [0.717, 1.165) is 34.3 Å². The van der Waals surface area contributed by atoms with Gasteiger partial charge in [-0.25, -0.2) is 9.97 Å². The fraction of sp³-hybridized carbons (Fsp3) is 0.333. The van der Waals surface area contributed by atoms with Gasteiger partial charge in [0.05, 0.1) is 10.3 Å². The number of aromatic nitrogens is 2. The molecular formula is C12H15BrN4S. The Morgan fingerprint density at radius 1 is 1.22 bits per heavy atom. The Morgan fingerprint density at radius 2 is 1.94 bits per heavy atom. The van der Waals surface area contributed by atoms with Crippen LogP contribution in [0, 0.1) is 6.92 Å². The van der Waals surface area contributed by atoms with E-state index >= 15 is 0 Å². The van der Waals surface area contributed by atoms with Crippen molar-refractivity contribution >= 4 is 38.9 Å². The van der Waals surface area contributed by atoms with Crippen molar-refractivity contribution in [1.82, 2.24) is 9.97 Å². The molecule has 2 rings (SSSR count). The number of halogens is 1. The van der Waals surface area contributed by atoms with E-state index in [1.54, 1.807) is 11.3 Å². The van der Waals surface area contributed by atoms with E-state index < -0.39 is 0 Å². The Balaban J connectivity index is 2.04. The number of nitrogens with zero attached hydrogens (tertiary/aromatic N) is 2. The molecule has 0 saturated heterocycles. The molecule has 0 aromatic carbocycles. The minimum absolute atomic E-state index is 0.767. The average molecular weight is 327 g/mol. The second kappa shape index (κ2) is 6.15. The van der Waals surface area contributed by atoms with Gasteiger partial charge in [0.15, 0.2) is 0 Å². The van der Waals surface area contributed by atoms with Crippen molar-refractivity contribution in [1.29, 1.82) is 0 Å². The predicted octanol–water partition coefficient (Wildman–Crippen LogP) is 3.65. The molecule has 6 heteroatoms. The van der Waals surface area contributed by atoms with E-state index in [9.17, 15) is 0 Å². The van der Waals surface area contributed by atoms with E-state index in [4.69, 9.17) is 0 Å². The maximum absolute atomic E-state index is 4.37. The van der Waals surface area contributed by atoms with Crippen LogP contribution in [0.2, 0.25) is 0 Å². The number of anilines is 2. The van der Waals surface area contributed by atoms with Gasteiger partial charge in [0, 0.05) is 17.5 Å². The van der Waals surface area contributed by atoms with Crippen LogP contribution in [-0.2, 0) is 6.54 Å². The fourth-order valence-corrected chi connectivity index (χ4v) is 2.98. The maximum Gasteiger partial charge on any atom is 0.132 e. The molecule has 0 aliphatic heterocycles. The number of rotatable bonds is 5. The van der Waals surface area contributed by atoms with Gasteiger partial charge in [0.1, 0.15) is 17.5 Å². The number of nitrogens with one attached hydrogen (secondary N) is 2. The van der Waals surface area contributed by atoms with Crippen molar-refractivity contribution in [2.45, 2.75) is 20.4 Å². The molecule has 0 aliphatic carbocycles. The van der Waals surface area contributed by atoms with Crippen LogP contribution in [0.25, 0.3) is 0 Å². The van der Waals surface area contributed by atoms with Crippen LogP contribution < -0.4 is 10.6 Å². The molecule has 4 nitrogen and oxygen atoms in total. The summed E-state index contributed by atoms with van der Waals surface area (Å²) in [5, 5.41) is 6.51. The molecule has 0 saturated carbocycles. The first kappa shape index (κ1) is 13.3. The van der Waals surface area contributed by atoms with Crippen LogP contribution in [0.1, 0.15) is 17.6 Å². The molecule has 0 fully saturated rings. The van der Waals surface area contributed by atoms with Crippen molar-refractivity contribution in [3.05, 3.63) is 32.7 Å². The summed E-state index contributed by atoms with van der Waals surface area (Å²) in [5.74, 6) is 2.48. The summed E-state index contributed by atoms with van der Waals surface area (Å²) in [4.78, 5) is 9.95. The largest absolute Gasteiger partial charge is 0.370 e. The maximum atomic E-state index is 4.37. The summed E-state index contributed by atoms with van der Waals surface area (Å²) in [6.45, 7) is 5.58. The van der Waals surface area contributed by atoms with Crippen molar-refractivity contribution in [2.24, 2.45) is 0 Å². The number of thiophene rings is 1. The molecule has 0 unspecified atom stereocenters. The second-order valence-corrected chi connectivity index (χ2v) is 6.32. The van der Waals surface area contributed by atoms with Gasteiger partial charge in [0.2, 0.25) is 0 Å². The number of hydrogen-bond acceptors (Lipinski definition) is 5. The smallest absolute Gasteiger partial charge is 0.132 e. The van der Waals surface area contributed by atoms with Crippen LogP contribution in [0.4, 0.5) is 11.6 Å². The molecule has 0 radical (unpaired) electrons. The van der Waals surface area contributed by atoms with Crippen LogP contribution in [0.3, 0.4) is 0 Å². The van der Waals surface area contributed by atoms with Gasteiger partial charge in [-0.1, -0.05) is 0 Å². The van der Waals surface area contributed by atoms with E-state index in [-0.39, 0.29) is 0 Å². The minimum Gasteiger partial charge on any atom is -0.370 e. The van der Waals surface area contributed by atoms with Gasteiger partial charge < -0.3 is 10.6 Å². The van der Waals surface area contributed by atoms with Gasteiger partial charge in [-0.05, 0) is 41.9 Å². The van der Waals surface area contributed by atoms with Crippen molar-refractivity contribution in [2.75, 3.05) is 17.2 Å². The minimum atomic E-state index is 0.767. The zero-order valence-electron chi connectivity index (χ0n) is 10.3. The van der Waals surface area contributed by atoms with Crippen molar-refractivity contribution in [3.8, 4) is 0 Å². The van der Waals surface area contributed by atoms with Gasteiger partial charge in [-0.15, -0.1) is 11.3 Å². The lowest BCUT2D eigenvalue weighted by atomic mass is 10.4. The zero-order valence-corrected chi connectivity index (χ0v) is 12.7. The van der Waals surface area contributed by atoms with Crippen molar-refractivity contribution < 1.29 is 0 Å². The summed E-state index contributed by atoms with van der Waals surface area (Å²) in [5.41, 5.74) is 0. The standard InChI is InChI=1S/C12H15BrN4S/c1-3-14-11-6-12(17-8(2)16-11)15-7-9-4-5-10(13)18-9/h4-6H,3,7H2,1-2H3,(H2,14,15,16,17). The van der Waals surface area contributed by atoms with Crippen LogP contribution in [0.5, 0.6) is 0 Å². The highest BCUT2D eigenvalue weighted by atomic mass is 79.9. The molecule has 0 spiro atoms. The second-order valence-electron chi connectivity index (χ2n) is 3.78. The normalized spacial score (nSPS) is 10.4. The molecule has 18 heavy (non-hydrogen) atoms. The monoisotopic (exact) mass is 326 g/mol.